The van der Waals surface area contributed by atoms with E-state index in [1.54, 1.807) is 19.1 Å². The highest BCUT2D eigenvalue weighted by Crippen LogP contribution is 2.42. The van der Waals surface area contributed by atoms with Gasteiger partial charge in [-0.2, -0.15) is 0 Å². The molecule has 0 amide bonds. The number of carbonyl (C=O) groups is 1. The molecule has 0 aliphatic heterocycles. The smallest absolute Gasteiger partial charge is 0.313 e. The summed E-state index contributed by atoms with van der Waals surface area (Å²) in [6, 6.07) is 4.87. The lowest BCUT2D eigenvalue weighted by molar-refractivity contribution is -0.157. The molecule has 1 aliphatic carbocycles. The number of nitrogens with one attached hydrogen (secondary N) is 1. The summed E-state index contributed by atoms with van der Waals surface area (Å²) < 4.78 is 18.0. The second kappa shape index (κ2) is 4.96. The molecule has 4 heteroatoms. The van der Waals surface area contributed by atoms with Gasteiger partial charge in [0.1, 0.15) is 5.82 Å². The van der Waals surface area contributed by atoms with E-state index in [1.165, 1.54) is 13.2 Å². The van der Waals surface area contributed by atoms with Crippen LogP contribution in [0.5, 0.6) is 0 Å². The Kier molecular flexibility index (Phi) is 3.55. The van der Waals surface area contributed by atoms with E-state index in [0.29, 0.717) is 12.1 Å². The Bertz CT molecular complexity index is 455. The first-order valence-corrected chi connectivity index (χ1v) is 6.16. The van der Waals surface area contributed by atoms with E-state index >= 15 is 0 Å². The van der Waals surface area contributed by atoms with Gasteiger partial charge in [0.05, 0.1) is 12.5 Å². The summed E-state index contributed by atoms with van der Waals surface area (Å²) in [6.45, 7) is 2.27. The molecular weight excluding hydrogens is 233 g/mol. The number of esters is 1. The zero-order valence-corrected chi connectivity index (χ0v) is 10.8. The fraction of sp³-hybridized carbons (Fsp3) is 0.500. The second-order valence-electron chi connectivity index (χ2n) is 4.94. The monoisotopic (exact) mass is 251 g/mol. The van der Waals surface area contributed by atoms with Crippen LogP contribution < -0.4 is 5.32 Å². The van der Waals surface area contributed by atoms with Crippen LogP contribution in [0.2, 0.25) is 0 Å². The average molecular weight is 251 g/mol. The minimum Gasteiger partial charge on any atom is -0.469 e. The van der Waals surface area contributed by atoms with Crippen molar-refractivity contribution in [2.24, 2.45) is 5.41 Å². The van der Waals surface area contributed by atoms with Gasteiger partial charge in [0.2, 0.25) is 0 Å². The zero-order valence-electron chi connectivity index (χ0n) is 10.8. The molecule has 18 heavy (non-hydrogen) atoms. The predicted molar refractivity (Wildman–Crippen MR) is 67.9 cm³/mol. The van der Waals surface area contributed by atoms with E-state index < -0.39 is 5.41 Å². The molecule has 0 unspecified atom stereocenters. The number of ether oxygens (including phenoxy) is 1. The summed E-state index contributed by atoms with van der Waals surface area (Å²) in [7, 11) is 1.42. The van der Waals surface area contributed by atoms with Crippen molar-refractivity contribution >= 4 is 11.7 Å². The third kappa shape index (κ3) is 2.33. The van der Waals surface area contributed by atoms with Gasteiger partial charge in [0.25, 0.3) is 0 Å². The molecular formula is C14H18FNO2. The fourth-order valence-corrected chi connectivity index (χ4v) is 2.30. The minimum atomic E-state index is -0.392. The number of aryl methyl sites for hydroxylation is 1. The Morgan fingerprint density at radius 3 is 2.72 bits per heavy atom. The maximum atomic E-state index is 13.1. The summed E-state index contributed by atoms with van der Waals surface area (Å²) in [5, 5.41) is 3.20. The lowest BCUT2D eigenvalue weighted by Crippen LogP contribution is -2.44. The van der Waals surface area contributed by atoms with E-state index in [2.05, 4.69) is 5.32 Å². The fourth-order valence-electron chi connectivity index (χ4n) is 2.30. The summed E-state index contributed by atoms with van der Waals surface area (Å²) in [6.07, 6.45) is 2.76. The van der Waals surface area contributed by atoms with Crippen LogP contribution in [-0.2, 0) is 9.53 Å². The van der Waals surface area contributed by atoms with E-state index in [4.69, 9.17) is 4.74 Å². The molecule has 1 aromatic carbocycles. The maximum absolute atomic E-state index is 13.1. The Morgan fingerprint density at radius 1 is 1.50 bits per heavy atom. The first-order valence-electron chi connectivity index (χ1n) is 6.16. The van der Waals surface area contributed by atoms with Crippen molar-refractivity contribution in [3.05, 3.63) is 29.6 Å². The number of halogens is 1. The van der Waals surface area contributed by atoms with Gasteiger partial charge in [0.15, 0.2) is 0 Å². The van der Waals surface area contributed by atoms with Gasteiger partial charge in [-0.3, -0.25) is 4.79 Å². The van der Waals surface area contributed by atoms with Gasteiger partial charge < -0.3 is 10.1 Å². The molecule has 0 radical (unpaired) electrons. The van der Waals surface area contributed by atoms with Crippen LogP contribution in [0.25, 0.3) is 0 Å². The van der Waals surface area contributed by atoms with Crippen molar-refractivity contribution in [1.29, 1.82) is 0 Å². The molecule has 1 aliphatic rings. The van der Waals surface area contributed by atoms with Gasteiger partial charge >= 0.3 is 5.97 Å². The third-order valence-corrected chi connectivity index (χ3v) is 3.72. The van der Waals surface area contributed by atoms with Gasteiger partial charge in [-0.1, -0.05) is 6.42 Å². The van der Waals surface area contributed by atoms with Crippen LogP contribution in [0.3, 0.4) is 0 Å². The molecule has 1 N–H and O–H groups in total. The first kappa shape index (κ1) is 12.9. The van der Waals surface area contributed by atoms with Crippen LogP contribution in [0.15, 0.2) is 18.2 Å². The van der Waals surface area contributed by atoms with Crippen molar-refractivity contribution in [2.45, 2.75) is 26.2 Å². The topological polar surface area (TPSA) is 38.3 Å². The molecule has 1 saturated carbocycles. The molecule has 2 rings (SSSR count). The minimum absolute atomic E-state index is 0.153. The predicted octanol–water partition coefficient (Wildman–Crippen LogP) is 2.89. The standard InChI is InChI=1S/C14H18FNO2/c1-10-8-11(4-5-12(10)15)16-9-14(6-3-7-14)13(17)18-2/h4-5,8,16H,3,6-7,9H2,1-2H3. The molecule has 3 nitrogen and oxygen atoms in total. The third-order valence-electron chi connectivity index (χ3n) is 3.72. The van der Waals surface area contributed by atoms with Crippen LogP contribution >= 0.6 is 0 Å². The molecule has 0 spiro atoms. The number of carbonyl (C=O) groups excluding carboxylic acids is 1. The van der Waals surface area contributed by atoms with Crippen molar-refractivity contribution in [2.75, 3.05) is 19.0 Å². The number of benzene rings is 1. The molecule has 0 bridgehead atoms. The Labute approximate surface area is 106 Å². The number of rotatable bonds is 4. The Balaban J connectivity index is 2.02. The second-order valence-corrected chi connectivity index (χ2v) is 4.94. The van der Waals surface area contributed by atoms with Gasteiger partial charge in [-0.15, -0.1) is 0 Å². The number of hydrogen-bond acceptors (Lipinski definition) is 3. The van der Waals surface area contributed by atoms with Crippen LogP contribution in [-0.4, -0.2) is 19.6 Å². The largest absolute Gasteiger partial charge is 0.469 e. The number of hydrogen-bond donors (Lipinski definition) is 1. The van der Waals surface area contributed by atoms with E-state index in [0.717, 1.165) is 24.9 Å². The summed E-state index contributed by atoms with van der Waals surface area (Å²) >= 11 is 0. The maximum Gasteiger partial charge on any atom is 0.313 e. The molecule has 0 heterocycles. The van der Waals surface area contributed by atoms with Crippen LogP contribution in [0, 0.1) is 18.2 Å². The van der Waals surface area contributed by atoms with Crippen LogP contribution in [0.1, 0.15) is 24.8 Å². The SMILES string of the molecule is COC(=O)C1(CNc2ccc(F)c(C)c2)CCC1. The molecule has 98 valence electrons. The summed E-state index contributed by atoms with van der Waals surface area (Å²) in [4.78, 5) is 11.7. The van der Waals surface area contributed by atoms with E-state index in [1.807, 2.05) is 0 Å². The van der Waals surface area contributed by atoms with Gasteiger partial charge in [-0.25, -0.2) is 4.39 Å². The molecule has 0 atom stereocenters. The lowest BCUT2D eigenvalue weighted by Gasteiger charge is -2.39. The van der Waals surface area contributed by atoms with E-state index in [-0.39, 0.29) is 11.8 Å². The van der Waals surface area contributed by atoms with Crippen molar-refractivity contribution < 1.29 is 13.9 Å². The zero-order chi connectivity index (χ0) is 13.2. The highest BCUT2D eigenvalue weighted by Gasteiger charge is 2.45. The highest BCUT2D eigenvalue weighted by molar-refractivity contribution is 5.78. The number of methoxy groups -OCH3 is 1. The van der Waals surface area contributed by atoms with E-state index in [9.17, 15) is 9.18 Å². The summed E-state index contributed by atoms with van der Waals surface area (Å²) in [5.41, 5.74) is 1.04. The summed E-state index contributed by atoms with van der Waals surface area (Å²) in [5.74, 6) is -0.369. The highest BCUT2D eigenvalue weighted by atomic mass is 19.1. The van der Waals surface area contributed by atoms with Crippen molar-refractivity contribution in [3.8, 4) is 0 Å². The Hall–Kier alpha value is -1.58. The number of anilines is 1. The van der Waals surface area contributed by atoms with Crippen molar-refractivity contribution in [1.82, 2.24) is 0 Å². The molecule has 0 saturated heterocycles. The molecule has 1 aromatic rings. The van der Waals surface area contributed by atoms with Gasteiger partial charge in [0, 0.05) is 12.2 Å². The Morgan fingerprint density at radius 2 is 2.22 bits per heavy atom. The van der Waals surface area contributed by atoms with Gasteiger partial charge in [-0.05, 0) is 43.5 Å². The molecule has 0 aromatic heterocycles. The normalized spacial score (nSPS) is 16.8. The van der Waals surface area contributed by atoms with Crippen molar-refractivity contribution in [3.63, 3.8) is 0 Å². The molecule has 1 fully saturated rings. The van der Waals surface area contributed by atoms with Crippen LogP contribution in [0.4, 0.5) is 10.1 Å². The first-order chi connectivity index (χ1) is 8.57. The average Bonchev–Trinajstić information content (AvgIpc) is 2.31. The lowest BCUT2D eigenvalue weighted by atomic mass is 9.68. The quantitative estimate of drug-likeness (QED) is 0.836.